The van der Waals surface area contributed by atoms with Crippen LogP contribution in [0.2, 0.25) is 0 Å². The summed E-state index contributed by atoms with van der Waals surface area (Å²) in [5, 5.41) is 27.6. The monoisotopic (exact) mass is 451 g/mol. The predicted octanol–water partition coefficient (Wildman–Crippen LogP) is 0.247. The third kappa shape index (κ3) is 4.41. The molecule has 0 fully saturated rings. The second-order valence-corrected chi connectivity index (χ2v) is 7.93. The van der Waals surface area contributed by atoms with E-state index in [9.17, 15) is 19.8 Å². The Hall–Kier alpha value is -3.83. The number of aliphatic hydroxyl groups excluding tert-OH is 2. The van der Waals surface area contributed by atoms with E-state index in [2.05, 4.69) is 20.4 Å². The van der Waals surface area contributed by atoms with Gasteiger partial charge in [0.1, 0.15) is 0 Å². The lowest BCUT2D eigenvalue weighted by Gasteiger charge is -2.27. The lowest BCUT2D eigenvalue weighted by Crippen LogP contribution is -2.50. The van der Waals surface area contributed by atoms with Gasteiger partial charge in [0.2, 0.25) is 5.95 Å². The Balaban J connectivity index is 1.38. The van der Waals surface area contributed by atoms with Gasteiger partial charge in [-0.25, -0.2) is 14.6 Å². The fraction of sp³-hybridized carbons (Fsp3) is 0.318. The molecule has 0 aliphatic carbocycles. The molecular formula is C22H25N7O4. The highest BCUT2D eigenvalue weighted by atomic mass is 16.3. The molecule has 3 heterocycles. The first-order chi connectivity index (χ1) is 15.8. The molecule has 5 N–H and O–H groups in total. The van der Waals surface area contributed by atoms with Gasteiger partial charge in [-0.15, -0.1) is 0 Å². The topological polar surface area (TPSA) is 159 Å². The van der Waals surface area contributed by atoms with Crippen molar-refractivity contribution in [1.29, 1.82) is 0 Å². The van der Waals surface area contributed by atoms with E-state index in [1.54, 1.807) is 24.7 Å². The SMILES string of the molecule is CC1c2cnc(N)nc2CN1C(=O)[C@H](O)[C@@H](O)C(=O)N[C@H](C)c1ccc(-n2cccn2)cc1. The molecule has 4 rings (SSSR count). The van der Waals surface area contributed by atoms with Crippen LogP contribution >= 0.6 is 0 Å². The van der Waals surface area contributed by atoms with Crippen LogP contribution in [0.4, 0.5) is 5.95 Å². The predicted molar refractivity (Wildman–Crippen MR) is 118 cm³/mol. The molecule has 1 aliphatic rings. The summed E-state index contributed by atoms with van der Waals surface area (Å²) in [5.74, 6) is -1.55. The maximum absolute atomic E-state index is 12.8. The van der Waals surface area contributed by atoms with E-state index in [0.29, 0.717) is 11.3 Å². The number of hydrogen-bond acceptors (Lipinski definition) is 8. The summed E-state index contributed by atoms with van der Waals surface area (Å²) in [7, 11) is 0. The number of carbonyl (C=O) groups excluding carboxylic acids is 2. The summed E-state index contributed by atoms with van der Waals surface area (Å²) in [5.41, 5.74) is 8.52. The number of hydrogen-bond donors (Lipinski definition) is 4. The van der Waals surface area contributed by atoms with Crippen molar-refractivity contribution >= 4 is 17.8 Å². The first-order valence-corrected chi connectivity index (χ1v) is 10.4. The van der Waals surface area contributed by atoms with Crippen LogP contribution in [0.1, 0.15) is 42.8 Å². The van der Waals surface area contributed by atoms with Crippen LogP contribution in [0.3, 0.4) is 0 Å². The van der Waals surface area contributed by atoms with Crippen LogP contribution in [-0.2, 0) is 16.1 Å². The highest BCUT2D eigenvalue weighted by Crippen LogP contribution is 2.32. The second-order valence-electron chi connectivity index (χ2n) is 7.93. The fourth-order valence-electron chi connectivity index (χ4n) is 3.82. The van der Waals surface area contributed by atoms with Crippen molar-refractivity contribution in [3.05, 3.63) is 65.7 Å². The number of nitrogens with two attached hydrogens (primary N) is 1. The molecule has 0 saturated heterocycles. The number of anilines is 1. The average Bonchev–Trinajstić information content (AvgIpc) is 3.46. The molecule has 0 bridgehead atoms. The van der Waals surface area contributed by atoms with Crippen molar-refractivity contribution in [2.45, 2.75) is 44.7 Å². The number of nitrogens with one attached hydrogen (secondary N) is 1. The average molecular weight is 451 g/mol. The minimum Gasteiger partial charge on any atom is -0.380 e. The molecule has 2 aromatic heterocycles. The molecule has 172 valence electrons. The number of benzene rings is 1. The number of aromatic nitrogens is 4. The van der Waals surface area contributed by atoms with Gasteiger partial charge in [-0.1, -0.05) is 12.1 Å². The Morgan fingerprint density at radius 3 is 2.61 bits per heavy atom. The Labute approximate surface area is 189 Å². The van der Waals surface area contributed by atoms with Crippen molar-refractivity contribution in [3.63, 3.8) is 0 Å². The van der Waals surface area contributed by atoms with E-state index in [4.69, 9.17) is 5.73 Å². The van der Waals surface area contributed by atoms with Crippen LogP contribution in [0, 0.1) is 0 Å². The van der Waals surface area contributed by atoms with Crippen LogP contribution in [0.5, 0.6) is 0 Å². The first kappa shape index (κ1) is 22.4. The fourth-order valence-corrected chi connectivity index (χ4v) is 3.82. The highest BCUT2D eigenvalue weighted by Gasteiger charge is 2.39. The van der Waals surface area contributed by atoms with Crippen molar-refractivity contribution < 1.29 is 19.8 Å². The number of rotatable bonds is 6. The van der Waals surface area contributed by atoms with Gasteiger partial charge in [-0.3, -0.25) is 9.59 Å². The number of amides is 2. The quantitative estimate of drug-likeness (QED) is 0.415. The molecule has 1 aliphatic heterocycles. The molecule has 11 nitrogen and oxygen atoms in total. The summed E-state index contributed by atoms with van der Waals surface area (Å²) < 4.78 is 1.70. The molecule has 33 heavy (non-hydrogen) atoms. The zero-order chi connectivity index (χ0) is 23.7. The zero-order valence-corrected chi connectivity index (χ0v) is 18.2. The molecule has 0 saturated carbocycles. The van der Waals surface area contributed by atoms with Gasteiger partial charge in [-0.2, -0.15) is 5.10 Å². The third-order valence-corrected chi connectivity index (χ3v) is 5.78. The number of fused-ring (bicyclic) bond motifs is 1. The Morgan fingerprint density at radius 2 is 1.94 bits per heavy atom. The molecule has 0 radical (unpaired) electrons. The molecule has 1 aromatic carbocycles. The summed E-state index contributed by atoms with van der Waals surface area (Å²) in [4.78, 5) is 34.7. The number of nitrogens with zero attached hydrogens (tertiary/aromatic N) is 5. The Kier molecular flexibility index (Phi) is 6.07. The lowest BCUT2D eigenvalue weighted by molar-refractivity contribution is -0.155. The summed E-state index contributed by atoms with van der Waals surface area (Å²) in [6.07, 6.45) is 1.16. The molecular weight excluding hydrogens is 426 g/mol. The summed E-state index contributed by atoms with van der Waals surface area (Å²) in [6.45, 7) is 3.59. The standard InChI is InChI=1S/C22H25N7O4/c1-12(14-4-6-15(7-5-14)29-9-3-8-25-29)26-20(32)18(30)19(31)21(33)28-11-17-16(13(28)2)10-24-22(23)27-17/h3-10,12-13,18-19,30-31H,11H2,1-2H3,(H,26,32)(H2,23,24,27)/t12-,13?,18-,19-/m1/s1. The Morgan fingerprint density at radius 1 is 1.21 bits per heavy atom. The summed E-state index contributed by atoms with van der Waals surface area (Å²) in [6, 6.07) is 8.27. The molecule has 0 spiro atoms. The maximum Gasteiger partial charge on any atom is 0.255 e. The van der Waals surface area contributed by atoms with Gasteiger partial charge in [0.25, 0.3) is 11.8 Å². The van der Waals surface area contributed by atoms with Gasteiger partial charge in [0, 0.05) is 24.2 Å². The molecule has 2 amide bonds. The maximum atomic E-state index is 12.8. The van der Waals surface area contributed by atoms with E-state index in [0.717, 1.165) is 11.3 Å². The minimum absolute atomic E-state index is 0.0850. The van der Waals surface area contributed by atoms with Crippen molar-refractivity contribution in [2.24, 2.45) is 0 Å². The van der Waals surface area contributed by atoms with Gasteiger partial charge in [0.05, 0.1) is 30.0 Å². The number of carbonyl (C=O) groups is 2. The van der Waals surface area contributed by atoms with E-state index >= 15 is 0 Å². The Bertz CT molecular complexity index is 1150. The molecule has 4 atom stereocenters. The van der Waals surface area contributed by atoms with Crippen LogP contribution in [-0.4, -0.2) is 58.9 Å². The van der Waals surface area contributed by atoms with Crippen LogP contribution in [0.25, 0.3) is 5.69 Å². The second kappa shape index (κ2) is 8.96. The van der Waals surface area contributed by atoms with Crippen molar-refractivity contribution in [2.75, 3.05) is 5.73 Å². The smallest absolute Gasteiger partial charge is 0.255 e. The molecule has 1 unspecified atom stereocenters. The van der Waals surface area contributed by atoms with Gasteiger partial charge < -0.3 is 26.2 Å². The van der Waals surface area contributed by atoms with E-state index in [1.165, 1.54) is 11.1 Å². The molecule has 3 aromatic rings. The van der Waals surface area contributed by atoms with Gasteiger partial charge >= 0.3 is 0 Å². The highest BCUT2D eigenvalue weighted by molar-refractivity contribution is 5.91. The largest absolute Gasteiger partial charge is 0.380 e. The van der Waals surface area contributed by atoms with Gasteiger partial charge in [-0.05, 0) is 37.6 Å². The van der Waals surface area contributed by atoms with E-state index in [1.807, 2.05) is 36.5 Å². The number of aliphatic hydroxyl groups is 2. The van der Waals surface area contributed by atoms with Crippen molar-refractivity contribution in [3.8, 4) is 5.69 Å². The summed E-state index contributed by atoms with van der Waals surface area (Å²) >= 11 is 0. The lowest BCUT2D eigenvalue weighted by atomic mass is 10.1. The van der Waals surface area contributed by atoms with E-state index < -0.39 is 36.1 Å². The normalized spacial score (nSPS) is 17.8. The zero-order valence-electron chi connectivity index (χ0n) is 18.2. The van der Waals surface area contributed by atoms with Crippen LogP contribution in [0.15, 0.2) is 48.9 Å². The van der Waals surface area contributed by atoms with E-state index in [-0.39, 0.29) is 12.5 Å². The van der Waals surface area contributed by atoms with Crippen LogP contribution < -0.4 is 11.1 Å². The molecule has 11 heteroatoms. The third-order valence-electron chi connectivity index (χ3n) is 5.78. The van der Waals surface area contributed by atoms with Gasteiger partial charge in [0.15, 0.2) is 12.2 Å². The first-order valence-electron chi connectivity index (χ1n) is 10.4. The minimum atomic E-state index is -1.93. The van der Waals surface area contributed by atoms with Crippen molar-refractivity contribution in [1.82, 2.24) is 30.0 Å². The number of nitrogen functional groups attached to an aromatic ring is 1.